The smallest absolute Gasteiger partial charge is 0.153 e. The summed E-state index contributed by atoms with van der Waals surface area (Å²) in [5, 5.41) is 6.63. The molecule has 116 valence electrons. The van der Waals surface area contributed by atoms with Gasteiger partial charge < -0.3 is 0 Å². The van der Waals surface area contributed by atoms with Crippen LogP contribution in [0.1, 0.15) is 0 Å². The zero-order chi connectivity index (χ0) is 16.0. The average molecular weight is 325 g/mol. The molecule has 0 unspecified atom stereocenters. The molecule has 1 aliphatic heterocycles. The molecular formula is C14H15ClN3O4+. The predicted molar refractivity (Wildman–Crippen MR) is 69.7 cm³/mol. The summed E-state index contributed by atoms with van der Waals surface area (Å²) in [4.78, 5) is 0. The van der Waals surface area contributed by atoms with Gasteiger partial charge in [-0.3, -0.25) is 0 Å². The molecule has 0 fully saturated rings. The third-order valence-electron chi connectivity index (χ3n) is 2.85. The van der Waals surface area contributed by atoms with E-state index >= 15 is 0 Å². The van der Waals surface area contributed by atoms with E-state index in [-0.39, 0.29) is 0 Å². The van der Waals surface area contributed by atoms with Crippen LogP contribution in [-0.2, 0) is 0 Å². The molecule has 0 amide bonds. The Morgan fingerprint density at radius 3 is 2.00 bits per heavy atom. The summed E-state index contributed by atoms with van der Waals surface area (Å²) in [5.74, 6) is 0. The van der Waals surface area contributed by atoms with Crippen molar-refractivity contribution >= 4 is 11.4 Å². The highest BCUT2D eigenvalue weighted by molar-refractivity contribution is 5.45. The second kappa shape index (κ2) is 7.30. The van der Waals surface area contributed by atoms with Crippen molar-refractivity contribution in [3.05, 3.63) is 60.7 Å². The molecule has 7 nitrogen and oxygen atoms in total. The van der Waals surface area contributed by atoms with Crippen molar-refractivity contribution in [2.75, 3.05) is 18.1 Å². The maximum atomic E-state index is 8.60. The lowest BCUT2D eigenvalue weighted by molar-refractivity contribution is -1.92. The van der Waals surface area contributed by atoms with Gasteiger partial charge in [0.1, 0.15) is 11.4 Å². The van der Waals surface area contributed by atoms with Crippen molar-refractivity contribution < 1.29 is 33.6 Å². The number of nitrogens with zero attached hydrogens (tertiary/aromatic N) is 3. The molecule has 0 aromatic heterocycles. The SMILES string of the molecule is [O-][Cl+3]([O-])([O-])O.c1ccc(N2CC[N+](c3ccccc3)=N2)cc1. The van der Waals surface area contributed by atoms with E-state index in [1.807, 2.05) is 46.1 Å². The van der Waals surface area contributed by atoms with E-state index in [2.05, 4.69) is 29.5 Å². The first-order valence-corrected chi connectivity index (χ1v) is 7.70. The van der Waals surface area contributed by atoms with Crippen molar-refractivity contribution in [3.8, 4) is 0 Å². The fourth-order valence-corrected chi connectivity index (χ4v) is 1.97. The van der Waals surface area contributed by atoms with Gasteiger partial charge in [-0.15, -0.1) is 9.71 Å². The van der Waals surface area contributed by atoms with Crippen molar-refractivity contribution in [3.63, 3.8) is 0 Å². The standard InChI is InChI=1S/C14H14N3.ClHO4/c1-3-7-13(8-4-1)16-11-12-17(15-16)14-9-5-2-6-10-14;2-1(3,4)5/h1-10H,11-12H2;(H,2,3,4,5)/q+1;. The Bertz CT molecular complexity index is 611. The monoisotopic (exact) mass is 324 g/mol. The molecule has 8 heteroatoms. The van der Waals surface area contributed by atoms with Crippen LogP contribution in [0.3, 0.4) is 0 Å². The Morgan fingerprint density at radius 2 is 1.45 bits per heavy atom. The van der Waals surface area contributed by atoms with Gasteiger partial charge in [-0.05, 0) is 24.3 Å². The van der Waals surface area contributed by atoms with Gasteiger partial charge in [-0.1, -0.05) is 36.4 Å². The van der Waals surface area contributed by atoms with E-state index in [4.69, 9.17) is 18.6 Å². The number of hydrogen-bond acceptors (Lipinski definition) is 6. The van der Waals surface area contributed by atoms with E-state index in [0.29, 0.717) is 0 Å². The molecule has 0 spiro atoms. The summed E-state index contributed by atoms with van der Waals surface area (Å²) < 4.78 is 34.8. The molecule has 0 atom stereocenters. The minimum atomic E-state index is -4.69. The van der Waals surface area contributed by atoms with Gasteiger partial charge in [-0.2, -0.15) is 14.0 Å². The van der Waals surface area contributed by atoms with E-state index in [1.165, 1.54) is 0 Å². The molecule has 0 saturated heterocycles. The molecule has 1 aliphatic rings. The summed E-state index contributed by atoms with van der Waals surface area (Å²) in [6.45, 7) is 1.86. The van der Waals surface area contributed by atoms with Crippen LogP contribution in [0.5, 0.6) is 0 Å². The number of benzene rings is 2. The normalized spacial score (nSPS) is 14.2. The van der Waals surface area contributed by atoms with E-state index in [9.17, 15) is 0 Å². The van der Waals surface area contributed by atoms with Crippen LogP contribution in [0.2, 0.25) is 0 Å². The van der Waals surface area contributed by atoms with Crippen LogP contribution < -0.4 is 19.0 Å². The van der Waals surface area contributed by atoms with Crippen LogP contribution in [-0.4, -0.2) is 22.4 Å². The first kappa shape index (κ1) is 16.3. The molecule has 2 aromatic rings. The maximum absolute atomic E-state index is 8.60. The van der Waals surface area contributed by atoms with Gasteiger partial charge in [0.05, 0.1) is 20.1 Å². The van der Waals surface area contributed by atoms with Gasteiger partial charge in [0.15, 0.2) is 13.1 Å². The number of anilines is 1. The largest absolute Gasteiger partial charge is 0.183 e. The second-order valence-electron chi connectivity index (χ2n) is 4.40. The lowest BCUT2D eigenvalue weighted by Crippen LogP contribution is -2.58. The summed E-state index contributed by atoms with van der Waals surface area (Å²) in [5.41, 5.74) is 2.29. The third-order valence-corrected chi connectivity index (χ3v) is 2.85. The Hall–Kier alpha value is -2.03. The Kier molecular flexibility index (Phi) is 5.42. The first-order valence-electron chi connectivity index (χ1n) is 6.43. The van der Waals surface area contributed by atoms with Gasteiger partial charge >= 0.3 is 0 Å². The maximum Gasteiger partial charge on any atom is 0.153 e. The van der Waals surface area contributed by atoms with Crippen molar-refractivity contribution in [1.82, 2.24) is 0 Å². The third kappa shape index (κ3) is 5.40. The molecule has 1 heterocycles. The zero-order valence-electron chi connectivity index (χ0n) is 11.6. The van der Waals surface area contributed by atoms with Crippen LogP contribution in [0.15, 0.2) is 65.9 Å². The first-order chi connectivity index (χ1) is 10.4. The van der Waals surface area contributed by atoms with Crippen molar-refractivity contribution in [2.24, 2.45) is 5.22 Å². The van der Waals surface area contributed by atoms with Crippen LogP contribution in [0, 0.1) is 10.2 Å². The lowest BCUT2D eigenvalue weighted by atomic mass is 10.3. The van der Waals surface area contributed by atoms with Crippen molar-refractivity contribution in [1.29, 1.82) is 0 Å². The fraction of sp³-hybridized carbons (Fsp3) is 0.143. The summed E-state index contributed by atoms with van der Waals surface area (Å²) in [6.07, 6.45) is 0. The van der Waals surface area contributed by atoms with Gasteiger partial charge in [0, 0.05) is 0 Å². The molecule has 0 radical (unpaired) electrons. The quantitative estimate of drug-likeness (QED) is 0.720. The van der Waals surface area contributed by atoms with Gasteiger partial charge in [-0.25, -0.2) is 0 Å². The summed E-state index contributed by atoms with van der Waals surface area (Å²) >= 11 is 0. The minimum Gasteiger partial charge on any atom is -0.183 e. The minimum absolute atomic E-state index is 0.929. The highest BCUT2D eigenvalue weighted by atomic mass is 35.7. The topological polar surface area (TPSA) is 108 Å². The zero-order valence-corrected chi connectivity index (χ0v) is 12.3. The van der Waals surface area contributed by atoms with Crippen LogP contribution in [0.4, 0.5) is 11.4 Å². The molecule has 0 aliphatic carbocycles. The Morgan fingerprint density at radius 1 is 0.955 bits per heavy atom. The molecule has 2 aromatic carbocycles. The summed E-state index contributed by atoms with van der Waals surface area (Å²) in [6, 6.07) is 20.5. The highest BCUT2D eigenvalue weighted by Gasteiger charge is 2.24. The number of halogens is 1. The van der Waals surface area contributed by atoms with Crippen LogP contribution in [0.25, 0.3) is 0 Å². The van der Waals surface area contributed by atoms with Crippen LogP contribution >= 0.6 is 0 Å². The second-order valence-corrected chi connectivity index (χ2v) is 5.19. The number of rotatable bonds is 2. The highest BCUT2D eigenvalue weighted by Crippen LogP contribution is 2.21. The van der Waals surface area contributed by atoms with E-state index < -0.39 is 10.2 Å². The van der Waals surface area contributed by atoms with Crippen molar-refractivity contribution in [2.45, 2.75) is 0 Å². The lowest BCUT2D eigenvalue weighted by Gasteiger charge is -2.03. The van der Waals surface area contributed by atoms with Gasteiger partial charge in [0.2, 0.25) is 0 Å². The van der Waals surface area contributed by atoms with E-state index in [1.54, 1.807) is 0 Å². The average Bonchev–Trinajstić information content (AvgIpc) is 2.97. The number of para-hydroxylation sites is 2. The molecular weight excluding hydrogens is 310 g/mol. The van der Waals surface area contributed by atoms with E-state index in [0.717, 1.165) is 24.5 Å². The Labute approximate surface area is 129 Å². The molecule has 0 saturated carbocycles. The Balaban J connectivity index is 0.000000309. The molecule has 22 heavy (non-hydrogen) atoms. The molecule has 0 bridgehead atoms. The number of hydrogen-bond donors (Lipinski definition) is 1. The predicted octanol–water partition coefficient (Wildman–Crippen LogP) is -0.906. The fourth-order valence-electron chi connectivity index (χ4n) is 1.97. The molecule has 3 rings (SSSR count). The van der Waals surface area contributed by atoms with Gasteiger partial charge in [0.25, 0.3) is 0 Å². The summed E-state index contributed by atoms with van der Waals surface area (Å²) in [7, 11) is -4.69. The molecule has 1 N–H and O–H groups in total.